The summed E-state index contributed by atoms with van der Waals surface area (Å²) in [4.78, 5) is 23.6. The van der Waals surface area contributed by atoms with Crippen LogP contribution in [0.4, 0.5) is 0 Å². The van der Waals surface area contributed by atoms with E-state index in [9.17, 15) is 9.59 Å². The number of methoxy groups -OCH3 is 1. The van der Waals surface area contributed by atoms with Crippen LogP contribution in [-0.4, -0.2) is 18.9 Å². The quantitative estimate of drug-likeness (QED) is 0.367. The summed E-state index contributed by atoms with van der Waals surface area (Å²) in [7, 11) is 1.46. The minimum atomic E-state index is -0.556. The molecule has 0 amide bonds. The van der Waals surface area contributed by atoms with E-state index in [0.29, 0.717) is 5.75 Å². The normalized spacial score (nSPS) is 10.5. The van der Waals surface area contributed by atoms with Gasteiger partial charge in [0, 0.05) is 6.08 Å². The lowest BCUT2D eigenvalue weighted by atomic mass is 10.1. The molecule has 0 saturated heterocycles. The van der Waals surface area contributed by atoms with Gasteiger partial charge in [-0.05, 0) is 30.7 Å². The molecule has 22 heavy (non-hydrogen) atoms. The lowest BCUT2D eigenvalue weighted by molar-refractivity contribution is -0.128. The Hall–Kier alpha value is -2.88. The van der Waals surface area contributed by atoms with Crippen molar-refractivity contribution in [3.8, 4) is 11.5 Å². The third kappa shape index (κ3) is 3.82. The molecule has 0 aliphatic heterocycles. The topological polar surface area (TPSA) is 52.6 Å². The van der Waals surface area contributed by atoms with Gasteiger partial charge in [0.25, 0.3) is 0 Å². The van der Waals surface area contributed by atoms with Crippen molar-refractivity contribution in [2.75, 3.05) is 7.11 Å². The zero-order valence-electron chi connectivity index (χ0n) is 12.4. The zero-order valence-corrected chi connectivity index (χ0v) is 12.4. The van der Waals surface area contributed by atoms with Gasteiger partial charge in [0.2, 0.25) is 0 Å². The van der Waals surface area contributed by atoms with Crippen molar-refractivity contribution >= 4 is 17.8 Å². The number of hydrogen-bond donors (Lipinski definition) is 0. The average molecular weight is 296 g/mol. The first-order valence-corrected chi connectivity index (χ1v) is 6.74. The molecule has 2 aromatic rings. The van der Waals surface area contributed by atoms with E-state index in [1.807, 2.05) is 30.3 Å². The third-order valence-electron chi connectivity index (χ3n) is 2.98. The summed E-state index contributed by atoms with van der Waals surface area (Å²) in [6.07, 6.45) is 2.97. The van der Waals surface area contributed by atoms with Gasteiger partial charge in [0.1, 0.15) is 17.1 Å². The molecule has 0 aliphatic rings. The Morgan fingerprint density at radius 2 is 1.64 bits per heavy atom. The molecular weight excluding hydrogens is 280 g/mol. The molecule has 0 saturated carbocycles. The highest BCUT2D eigenvalue weighted by atomic mass is 16.5. The Kier molecular flexibility index (Phi) is 5.09. The highest BCUT2D eigenvalue weighted by molar-refractivity contribution is 6.01. The predicted molar refractivity (Wildman–Crippen MR) is 84.1 cm³/mol. The smallest absolute Gasteiger partial charge is 0.336 e. The molecule has 0 aromatic heterocycles. The van der Waals surface area contributed by atoms with Crippen molar-refractivity contribution in [3.63, 3.8) is 0 Å². The van der Waals surface area contributed by atoms with Crippen molar-refractivity contribution < 1.29 is 19.1 Å². The summed E-state index contributed by atoms with van der Waals surface area (Å²) in [5.74, 6) is -0.216. The summed E-state index contributed by atoms with van der Waals surface area (Å²) >= 11 is 0. The van der Waals surface area contributed by atoms with Crippen LogP contribution in [0.15, 0.2) is 54.6 Å². The fraction of sp³-hybridized carbons (Fsp3) is 0.111. The van der Waals surface area contributed by atoms with E-state index in [1.54, 1.807) is 24.3 Å². The Morgan fingerprint density at radius 1 is 0.955 bits per heavy atom. The molecule has 0 fully saturated rings. The number of benzene rings is 2. The Bertz CT molecular complexity index is 702. The molecule has 2 aromatic carbocycles. The predicted octanol–water partition coefficient (Wildman–Crippen LogP) is 3.52. The molecule has 4 heteroatoms. The number of hydrogen-bond acceptors (Lipinski definition) is 4. The van der Waals surface area contributed by atoms with Gasteiger partial charge in [0.15, 0.2) is 5.78 Å². The lowest BCUT2D eigenvalue weighted by Crippen LogP contribution is -2.08. The van der Waals surface area contributed by atoms with E-state index in [2.05, 4.69) is 0 Å². The van der Waals surface area contributed by atoms with E-state index in [1.165, 1.54) is 20.1 Å². The number of carbonyl (C=O) groups is 2. The van der Waals surface area contributed by atoms with Crippen LogP contribution < -0.4 is 9.47 Å². The van der Waals surface area contributed by atoms with Crippen molar-refractivity contribution in [3.05, 3.63) is 65.7 Å². The molecule has 2 rings (SSSR count). The van der Waals surface area contributed by atoms with Gasteiger partial charge in [-0.15, -0.1) is 0 Å². The van der Waals surface area contributed by atoms with Gasteiger partial charge in [-0.1, -0.05) is 36.4 Å². The largest absolute Gasteiger partial charge is 0.496 e. The van der Waals surface area contributed by atoms with Crippen molar-refractivity contribution in [1.29, 1.82) is 0 Å². The highest BCUT2D eigenvalue weighted by Crippen LogP contribution is 2.29. The Labute approximate surface area is 129 Å². The van der Waals surface area contributed by atoms with E-state index in [4.69, 9.17) is 9.47 Å². The zero-order chi connectivity index (χ0) is 15.9. The van der Waals surface area contributed by atoms with Crippen LogP contribution in [0.3, 0.4) is 0 Å². The molecular formula is C18H16O4. The fourth-order valence-corrected chi connectivity index (χ4v) is 1.98. The van der Waals surface area contributed by atoms with E-state index in [0.717, 1.165) is 5.56 Å². The maximum Gasteiger partial charge on any atom is 0.336 e. The first-order valence-electron chi connectivity index (χ1n) is 6.74. The van der Waals surface area contributed by atoms with Gasteiger partial charge in [-0.25, -0.2) is 4.79 Å². The number of ketones is 1. The van der Waals surface area contributed by atoms with Gasteiger partial charge >= 0.3 is 5.97 Å². The second kappa shape index (κ2) is 7.22. The summed E-state index contributed by atoms with van der Waals surface area (Å²) in [6, 6.07) is 14.3. The van der Waals surface area contributed by atoms with E-state index >= 15 is 0 Å². The molecule has 0 N–H and O–H groups in total. The maximum atomic E-state index is 11.9. The SMILES string of the molecule is COc1cccc(OC(=O)/C=C/c2ccccc2)c1C(C)=O. The molecule has 112 valence electrons. The number of ether oxygens (including phenoxy) is 2. The van der Waals surface area contributed by atoms with Crippen molar-refractivity contribution in [2.24, 2.45) is 0 Å². The summed E-state index contributed by atoms with van der Waals surface area (Å²) < 4.78 is 10.4. The highest BCUT2D eigenvalue weighted by Gasteiger charge is 2.16. The second-order valence-corrected chi connectivity index (χ2v) is 4.55. The molecule has 0 heterocycles. The number of carbonyl (C=O) groups excluding carboxylic acids is 2. The van der Waals surface area contributed by atoms with Crippen LogP contribution in [0.25, 0.3) is 6.08 Å². The molecule has 0 spiro atoms. The average Bonchev–Trinajstić information content (AvgIpc) is 2.53. The van der Waals surface area contributed by atoms with Crippen molar-refractivity contribution in [2.45, 2.75) is 6.92 Å². The van der Waals surface area contributed by atoms with Crippen molar-refractivity contribution in [1.82, 2.24) is 0 Å². The minimum absolute atomic E-state index is 0.189. The fourth-order valence-electron chi connectivity index (χ4n) is 1.98. The second-order valence-electron chi connectivity index (χ2n) is 4.55. The molecule has 0 unspecified atom stereocenters. The lowest BCUT2D eigenvalue weighted by Gasteiger charge is -2.10. The first kappa shape index (κ1) is 15.5. The first-order chi connectivity index (χ1) is 10.6. The Morgan fingerprint density at radius 3 is 2.27 bits per heavy atom. The minimum Gasteiger partial charge on any atom is -0.496 e. The number of Topliss-reactive ketones (excluding diaryl/α,β-unsaturated/α-hetero) is 1. The van der Waals surface area contributed by atoms with Gasteiger partial charge in [-0.3, -0.25) is 4.79 Å². The van der Waals surface area contributed by atoms with Crippen LogP contribution in [0.1, 0.15) is 22.8 Å². The van der Waals surface area contributed by atoms with Crippen LogP contribution in [0, 0.1) is 0 Å². The maximum absolute atomic E-state index is 11.9. The summed E-state index contributed by atoms with van der Waals surface area (Å²) in [6.45, 7) is 1.40. The standard InChI is InChI=1S/C18H16O4/c1-13(19)18-15(21-2)9-6-10-16(18)22-17(20)12-11-14-7-4-3-5-8-14/h3-12H,1-2H3/b12-11+. The van der Waals surface area contributed by atoms with Gasteiger partial charge in [0.05, 0.1) is 7.11 Å². The summed E-state index contributed by atoms with van der Waals surface area (Å²) in [5, 5.41) is 0. The van der Waals surface area contributed by atoms with Gasteiger partial charge in [-0.2, -0.15) is 0 Å². The van der Waals surface area contributed by atoms with E-state index < -0.39 is 5.97 Å². The molecule has 0 atom stereocenters. The summed E-state index contributed by atoms with van der Waals surface area (Å²) in [5.41, 5.74) is 1.14. The Balaban J connectivity index is 2.18. The van der Waals surface area contributed by atoms with Crippen LogP contribution in [0.5, 0.6) is 11.5 Å². The van der Waals surface area contributed by atoms with Crippen LogP contribution >= 0.6 is 0 Å². The molecule has 0 radical (unpaired) electrons. The third-order valence-corrected chi connectivity index (χ3v) is 2.98. The van der Waals surface area contributed by atoms with Crippen LogP contribution in [-0.2, 0) is 4.79 Å². The molecule has 0 aliphatic carbocycles. The molecule has 0 bridgehead atoms. The van der Waals surface area contributed by atoms with E-state index in [-0.39, 0.29) is 17.1 Å². The molecule has 4 nitrogen and oxygen atoms in total. The number of esters is 1. The number of rotatable bonds is 5. The monoisotopic (exact) mass is 296 g/mol. The van der Waals surface area contributed by atoms with Gasteiger partial charge < -0.3 is 9.47 Å². The van der Waals surface area contributed by atoms with Crippen LogP contribution in [0.2, 0.25) is 0 Å².